The molecule has 0 fully saturated rings. The monoisotopic (exact) mass is 284 g/mol. The number of hydrogen-bond acceptors (Lipinski definition) is 3. The van der Waals surface area contributed by atoms with Crippen molar-refractivity contribution in [3.8, 4) is 0 Å². The van der Waals surface area contributed by atoms with Gasteiger partial charge in [-0.2, -0.15) is 0 Å². The highest BCUT2D eigenvalue weighted by Gasteiger charge is 2.21. The number of anilines is 1. The van der Waals surface area contributed by atoms with Crippen LogP contribution in [0.3, 0.4) is 0 Å². The molecule has 2 aromatic rings. The van der Waals surface area contributed by atoms with Crippen LogP contribution in [0.5, 0.6) is 0 Å². The number of carboxylic acid groups (broad SMARTS) is 1. The summed E-state index contributed by atoms with van der Waals surface area (Å²) in [5, 5.41) is 12.4. The van der Waals surface area contributed by atoms with Gasteiger partial charge in [0.25, 0.3) is 0 Å². The summed E-state index contributed by atoms with van der Waals surface area (Å²) in [6, 6.07) is 13.4. The fourth-order valence-corrected chi connectivity index (χ4v) is 2.16. The van der Waals surface area contributed by atoms with Gasteiger partial charge in [-0.1, -0.05) is 30.3 Å². The minimum Gasteiger partial charge on any atom is -0.478 e. The third-order valence-corrected chi connectivity index (χ3v) is 3.38. The summed E-state index contributed by atoms with van der Waals surface area (Å²) in [5.74, 6) is -0.549. The molecule has 0 spiro atoms. The summed E-state index contributed by atoms with van der Waals surface area (Å²) in [6.45, 7) is 4.10. The first-order valence-electron chi connectivity index (χ1n) is 6.98. The average molecular weight is 284 g/mol. The number of hydrogen-bond donors (Lipinski definition) is 2. The molecular formula is C17H20N2O2. The van der Waals surface area contributed by atoms with Crippen LogP contribution in [0.2, 0.25) is 0 Å². The van der Waals surface area contributed by atoms with Crippen LogP contribution in [0.25, 0.3) is 0 Å². The van der Waals surface area contributed by atoms with Gasteiger partial charge in [0.2, 0.25) is 0 Å². The van der Waals surface area contributed by atoms with Crippen molar-refractivity contribution < 1.29 is 9.90 Å². The summed E-state index contributed by atoms with van der Waals surface area (Å²) >= 11 is 0. The number of aryl methyl sites for hydroxylation is 1. The quantitative estimate of drug-likeness (QED) is 0.850. The lowest BCUT2D eigenvalue weighted by Crippen LogP contribution is -2.32. The molecule has 0 saturated carbocycles. The van der Waals surface area contributed by atoms with Crippen LogP contribution in [-0.2, 0) is 6.42 Å². The van der Waals surface area contributed by atoms with E-state index in [1.807, 2.05) is 18.2 Å². The summed E-state index contributed by atoms with van der Waals surface area (Å²) in [7, 11) is 0. The molecule has 0 unspecified atom stereocenters. The van der Waals surface area contributed by atoms with Crippen LogP contribution in [0.4, 0.5) is 5.82 Å². The van der Waals surface area contributed by atoms with Crippen LogP contribution in [-0.4, -0.2) is 21.6 Å². The fourth-order valence-electron chi connectivity index (χ4n) is 2.16. The zero-order valence-electron chi connectivity index (χ0n) is 12.3. The number of nitrogens with zero attached hydrogens (tertiary/aromatic N) is 1. The molecule has 1 heterocycles. The number of nitrogens with one attached hydrogen (secondary N) is 1. The summed E-state index contributed by atoms with van der Waals surface area (Å²) in [6.07, 6.45) is 3.41. The SMILES string of the molecule is CC(C)(CCc1ccccc1)Nc1ncccc1C(=O)O. The van der Waals surface area contributed by atoms with E-state index in [1.54, 1.807) is 18.3 Å². The highest BCUT2D eigenvalue weighted by molar-refractivity contribution is 5.93. The van der Waals surface area contributed by atoms with Gasteiger partial charge in [-0.3, -0.25) is 0 Å². The minimum absolute atomic E-state index is 0.199. The first-order valence-corrected chi connectivity index (χ1v) is 6.98. The summed E-state index contributed by atoms with van der Waals surface area (Å²) in [5.41, 5.74) is 1.23. The van der Waals surface area contributed by atoms with Crippen LogP contribution < -0.4 is 5.32 Å². The average Bonchev–Trinajstić information content (AvgIpc) is 2.46. The molecule has 2 N–H and O–H groups in total. The van der Waals surface area contributed by atoms with Crippen molar-refractivity contribution in [1.82, 2.24) is 4.98 Å². The molecule has 2 rings (SSSR count). The van der Waals surface area contributed by atoms with E-state index in [2.05, 4.69) is 36.3 Å². The van der Waals surface area contributed by atoms with Gasteiger partial charge >= 0.3 is 5.97 Å². The Bertz CT molecular complexity index is 609. The van der Waals surface area contributed by atoms with E-state index in [1.165, 1.54) is 5.56 Å². The van der Waals surface area contributed by atoms with E-state index in [0.717, 1.165) is 12.8 Å². The first-order chi connectivity index (χ1) is 9.98. The molecule has 0 aliphatic carbocycles. The van der Waals surface area contributed by atoms with E-state index in [-0.39, 0.29) is 11.1 Å². The Morgan fingerprint density at radius 1 is 1.19 bits per heavy atom. The number of rotatable bonds is 6. The topological polar surface area (TPSA) is 62.2 Å². The van der Waals surface area contributed by atoms with Gasteiger partial charge < -0.3 is 10.4 Å². The van der Waals surface area contributed by atoms with Gasteiger partial charge in [-0.15, -0.1) is 0 Å². The minimum atomic E-state index is -0.968. The van der Waals surface area contributed by atoms with Gasteiger partial charge in [0, 0.05) is 11.7 Å². The first kappa shape index (κ1) is 15.0. The zero-order chi connectivity index (χ0) is 15.3. The maximum atomic E-state index is 11.2. The predicted octanol–water partition coefficient (Wildman–Crippen LogP) is 3.60. The number of carboxylic acids is 1. The van der Waals surface area contributed by atoms with Gasteiger partial charge in [-0.25, -0.2) is 9.78 Å². The van der Waals surface area contributed by atoms with Crippen LogP contribution in [0.15, 0.2) is 48.7 Å². The molecule has 110 valence electrons. The van der Waals surface area contributed by atoms with E-state index in [4.69, 9.17) is 0 Å². The molecule has 4 nitrogen and oxygen atoms in total. The van der Waals surface area contributed by atoms with E-state index in [0.29, 0.717) is 5.82 Å². The molecule has 0 amide bonds. The summed E-state index contributed by atoms with van der Waals surface area (Å²) < 4.78 is 0. The highest BCUT2D eigenvalue weighted by Crippen LogP contribution is 2.21. The van der Waals surface area contributed by atoms with Crippen LogP contribution in [0, 0.1) is 0 Å². The second-order valence-corrected chi connectivity index (χ2v) is 5.70. The predicted molar refractivity (Wildman–Crippen MR) is 83.7 cm³/mol. The lowest BCUT2D eigenvalue weighted by Gasteiger charge is -2.27. The second kappa shape index (κ2) is 6.39. The molecule has 0 bridgehead atoms. The lowest BCUT2D eigenvalue weighted by molar-refractivity contribution is 0.0697. The molecule has 0 aliphatic rings. The Morgan fingerprint density at radius 3 is 2.57 bits per heavy atom. The van der Waals surface area contributed by atoms with Crippen molar-refractivity contribution >= 4 is 11.8 Å². The molecule has 0 radical (unpaired) electrons. The smallest absolute Gasteiger partial charge is 0.339 e. The lowest BCUT2D eigenvalue weighted by atomic mass is 9.95. The Labute approximate surface area is 124 Å². The van der Waals surface area contributed by atoms with Crippen molar-refractivity contribution in [1.29, 1.82) is 0 Å². The van der Waals surface area contributed by atoms with E-state index in [9.17, 15) is 9.90 Å². The van der Waals surface area contributed by atoms with Crippen molar-refractivity contribution in [3.05, 3.63) is 59.8 Å². The molecule has 0 atom stereocenters. The van der Waals surface area contributed by atoms with Gasteiger partial charge in [-0.05, 0) is 44.4 Å². The number of pyridine rings is 1. The van der Waals surface area contributed by atoms with Crippen molar-refractivity contribution in [3.63, 3.8) is 0 Å². The van der Waals surface area contributed by atoms with E-state index < -0.39 is 5.97 Å². The standard InChI is InChI=1S/C17H20N2O2/c1-17(2,11-10-13-7-4-3-5-8-13)19-15-14(16(20)21)9-6-12-18-15/h3-9,12H,10-11H2,1-2H3,(H,18,19)(H,20,21). The van der Waals surface area contributed by atoms with Gasteiger partial charge in [0.1, 0.15) is 11.4 Å². The molecule has 21 heavy (non-hydrogen) atoms. The Kier molecular flexibility index (Phi) is 4.58. The highest BCUT2D eigenvalue weighted by atomic mass is 16.4. The van der Waals surface area contributed by atoms with Crippen molar-refractivity contribution in [2.24, 2.45) is 0 Å². The van der Waals surface area contributed by atoms with Gasteiger partial charge in [0.05, 0.1) is 0 Å². The number of aromatic carboxylic acids is 1. The maximum absolute atomic E-state index is 11.2. The van der Waals surface area contributed by atoms with Gasteiger partial charge in [0.15, 0.2) is 0 Å². The third kappa shape index (κ3) is 4.31. The summed E-state index contributed by atoms with van der Waals surface area (Å²) in [4.78, 5) is 15.4. The largest absolute Gasteiger partial charge is 0.478 e. The maximum Gasteiger partial charge on any atom is 0.339 e. The molecule has 4 heteroatoms. The molecule has 0 saturated heterocycles. The molecule has 1 aromatic heterocycles. The molecule has 1 aromatic carbocycles. The van der Waals surface area contributed by atoms with Crippen molar-refractivity contribution in [2.45, 2.75) is 32.2 Å². The van der Waals surface area contributed by atoms with Crippen LogP contribution >= 0.6 is 0 Å². The van der Waals surface area contributed by atoms with Crippen molar-refractivity contribution in [2.75, 3.05) is 5.32 Å². The van der Waals surface area contributed by atoms with Crippen LogP contribution in [0.1, 0.15) is 36.2 Å². The number of carbonyl (C=O) groups is 1. The Balaban J connectivity index is 2.05. The van der Waals surface area contributed by atoms with E-state index >= 15 is 0 Å². The second-order valence-electron chi connectivity index (χ2n) is 5.70. The normalized spacial score (nSPS) is 11.1. The Hall–Kier alpha value is -2.36. The molecular weight excluding hydrogens is 264 g/mol. The fraction of sp³-hybridized carbons (Fsp3) is 0.294. The number of aromatic nitrogens is 1. The molecule has 0 aliphatic heterocycles. The number of benzene rings is 1. The third-order valence-electron chi connectivity index (χ3n) is 3.38. The zero-order valence-corrected chi connectivity index (χ0v) is 12.3. The Morgan fingerprint density at radius 2 is 1.90 bits per heavy atom.